The molecule has 0 radical (unpaired) electrons. The van der Waals surface area contributed by atoms with Crippen LogP contribution in [0.25, 0.3) is 10.8 Å². The zero-order valence-corrected chi connectivity index (χ0v) is 14.1. The number of esters is 1. The smallest absolute Gasteiger partial charge is 0.326 e. The Balaban J connectivity index is 1.49. The summed E-state index contributed by atoms with van der Waals surface area (Å²) < 4.78 is 7.13. The van der Waals surface area contributed by atoms with E-state index in [1.54, 1.807) is 17.1 Å². The summed E-state index contributed by atoms with van der Waals surface area (Å²) in [6, 6.07) is 14.5. The van der Waals surface area contributed by atoms with Crippen LogP contribution in [0, 0.1) is 0 Å². The van der Waals surface area contributed by atoms with E-state index in [1.807, 2.05) is 12.1 Å². The van der Waals surface area contributed by atoms with E-state index < -0.39 is 0 Å². The summed E-state index contributed by atoms with van der Waals surface area (Å²) in [5.74, 6) is -0.274. The number of ether oxygens (including phenoxy) is 1. The third-order valence-corrected chi connectivity index (χ3v) is 4.16. The van der Waals surface area contributed by atoms with Gasteiger partial charge in [0.05, 0.1) is 12.9 Å². The summed E-state index contributed by atoms with van der Waals surface area (Å²) in [4.78, 5) is 16.1. The van der Waals surface area contributed by atoms with Gasteiger partial charge in [0, 0.05) is 24.9 Å². The van der Waals surface area contributed by atoms with Gasteiger partial charge in [-0.25, -0.2) is 4.98 Å². The van der Waals surface area contributed by atoms with Gasteiger partial charge in [0.25, 0.3) is 0 Å². The molecule has 0 aliphatic rings. The van der Waals surface area contributed by atoms with E-state index in [9.17, 15) is 4.79 Å². The van der Waals surface area contributed by atoms with Crippen molar-refractivity contribution >= 4 is 16.7 Å². The molecule has 3 rings (SSSR count). The van der Waals surface area contributed by atoms with Gasteiger partial charge in [0.2, 0.25) is 0 Å². The second kappa shape index (κ2) is 8.44. The van der Waals surface area contributed by atoms with Gasteiger partial charge < -0.3 is 14.4 Å². The molecule has 130 valence electrons. The first-order chi connectivity index (χ1) is 12.3. The Labute approximate surface area is 146 Å². The van der Waals surface area contributed by atoms with Gasteiger partial charge in [-0.1, -0.05) is 42.5 Å². The first kappa shape index (κ1) is 17.2. The quantitative estimate of drug-likeness (QED) is 0.642. The summed E-state index contributed by atoms with van der Waals surface area (Å²) >= 11 is 0. The van der Waals surface area contributed by atoms with Gasteiger partial charge in [0.15, 0.2) is 0 Å². The predicted molar refractivity (Wildman–Crippen MR) is 96.2 cm³/mol. The molecule has 5 nitrogen and oxygen atoms in total. The molecule has 0 atom stereocenters. The number of aryl methyl sites for hydroxylation is 1. The van der Waals surface area contributed by atoms with Gasteiger partial charge in [-0.3, -0.25) is 4.79 Å². The lowest BCUT2D eigenvalue weighted by Crippen LogP contribution is -2.16. The molecule has 0 unspecified atom stereocenters. The van der Waals surface area contributed by atoms with E-state index in [0.29, 0.717) is 25.9 Å². The molecule has 2 aromatic carbocycles. The van der Waals surface area contributed by atoms with Crippen molar-refractivity contribution in [1.82, 2.24) is 9.55 Å². The van der Waals surface area contributed by atoms with E-state index >= 15 is 0 Å². The molecule has 0 fully saturated rings. The van der Waals surface area contributed by atoms with Crippen LogP contribution in [-0.4, -0.2) is 33.8 Å². The minimum atomic E-state index is -0.274. The third-order valence-electron chi connectivity index (χ3n) is 4.16. The molecule has 0 aliphatic carbocycles. The number of aliphatic hydroxyl groups excluding tert-OH is 1. The number of aromatic nitrogens is 2. The fraction of sp³-hybridized carbons (Fsp3) is 0.300. The zero-order valence-electron chi connectivity index (χ0n) is 14.1. The van der Waals surface area contributed by atoms with Crippen molar-refractivity contribution in [3.05, 3.63) is 66.2 Å². The van der Waals surface area contributed by atoms with Crippen LogP contribution >= 0.6 is 0 Å². The van der Waals surface area contributed by atoms with E-state index in [1.165, 1.54) is 10.8 Å². The van der Waals surface area contributed by atoms with Crippen molar-refractivity contribution in [3.63, 3.8) is 0 Å². The van der Waals surface area contributed by atoms with Crippen molar-refractivity contribution in [1.29, 1.82) is 0 Å². The first-order valence-corrected chi connectivity index (χ1v) is 8.49. The molecule has 1 N–H and O–H groups in total. The zero-order chi connectivity index (χ0) is 17.5. The highest BCUT2D eigenvalue weighted by molar-refractivity contribution is 5.83. The number of hydrogen-bond donors (Lipinski definition) is 1. The summed E-state index contributed by atoms with van der Waals surface area (Å²) in [6.45, 7) is 0.637. The van der Waals surface area contributed by atoms with Crippen molar-refractivity contribution in [2.75, 3.05) is 13.2 Å². The Bertz CT molecular complexity index is 842. The fourth-order valence-electron chi connectivity index (χ4n) is 2.82. The summed E-state index contributed by atoms with van der Waals surface area (Å²) in [7, 11) is 0. The number of nitrogens with zero attached hydrogens (tertiary/aromatic N) is 2. The van der Waals surface area contributed by atoms with E-state index in [-0.39, 0.29) is 19.1 Å². The van der Waals surface area contributed by atoms with E-state index in [4.69, 9.17) is 9.84 Å². The molecule has 5 heteroatoms. The molecule has 1 aromatic heterocycles. The molecule has 0 amide bonds. The Kier molecular flexibility index (Phi) is 5.80. The number of imidazole rings is 1. The van der Waals surface area contributed by atoms with Crippen LogP contribution in [0.2, 0.25) is 0 Å². The largest absolute Gasteiger partial charge is 0.464 e. The average Bonchev–Trinajstić information content (AvgIpc) is 3.06. The number of fused-ring (bicyclic) bond motifs is 1. The van der Waals surface area contributed by atoms with Crippen molar-refractivity contribution in [2.45, 2.75) is 25.8 Å². The van der Waals surface area contributed by atoms with E-state index in [0.717, 1.165) is 11.3 Å². The lowest BCUT2D eigenvalue weighted by molar-refractivity contribution is -0.144. The molecule has 0 spiro atoms. The van der Waals surface area contributed by atoms with Crippen LogP contribution in [0.3, 0.4) is 0 Å². The lowest BCUT2D eigenvalue weighted by atomic mass is 10.1. The number of carbonyl (C=O) groups excluding carboxylic acids is 1. The van der Waals surface area contributed by atoms with Crippen LogP contribution in [0.1, 0.15) is 17.7 Å². The number of carbonyl (C=O) groups is 1. The monoisotopic (exact) mass is 338 g/mol. The topological polar surface area (TPSA) is 64.4 Å². The van der Waals surface area contributed by atoms with Gasteiger partial charge in [-0.05, 0) is 29.2 Å². The molecule has 0 aliphatic heterocycles. The molecular formula is C20H22N2O3. The number of hydrogen-bond acceptors (Lipinski definition) is 4. The highest BCUT2D eigenvalue weighted by Gasteiger charge is 2.08. The van der Waals surface area contributed by atoms with Gasteiger partial charge in [-0.15, -0.1) is 0 Å². The summed E-state index contributed by atoms with van der Waals surface area (Å²) in [5, 5.41) is 11.3. The SMILES string of the molecule is O=C(Cn1cncc1CCCO)OCCc1ccc2ccccc2c1. The third kappa shape index (κ3) is 4.67. The Morgan fingerprint density at radius 1 is 1.12 bits per heavy atom. The standard InChI is InChI=1S/C20H22N2O3/c23-10-3-6-19-13-21-15-22(19)14-20(24)25-11-9-16-7-8-17-4-1-2-5-18(17)12-16/h1-2,4-5,7-8,12-13,15,23H,3,6,9-11,14H2. The Morgan fingerprint density at radius 2 is 1.96 bits per heavy atom. The van der Waals surface area contributed by atoms with Crippen molar-refractivity contribution in [3.8, 4) is 0 Å². The molecular weight excluding hydrogens is 316 g/mol. The maximum absolute atomic E-state index is 12.0. The van der Waals surface area contributed by atoms with Gasteiger partial charge >= 0.3 is 5.97 Å². The molecule has 0 saturated heterocycles. The van der Waals surface area contributed by atoms with Gasteiger partial charge in [-0.2, -0.15) is 0 Å². The maximum Gasteiger partial charge on any atom is 0.326 e. The minimum absolute atomic E-state index is 0.126. The lowest BCUT2D eigenvalue weighted by Gasteiger charge is -2.09. The van der Waals surface area contributed by atoms with E-state index in [2.05, 4.69) is 35.3 Å². The van der Waals surface area contributed by atoms with Crippen LogP contribution in [0.15, 0.2) is 55.0 Å². The maximum atomic E-state index is 12.0. The second-order valence-corrected chi connectivity index (χ2v) is 5.99. The highest BCUT2D eigenvalue weighted by Crippen LogP contribution is 2.16. The number of benzene rings is 2. The minimum Gasteiger partial charge on any atom is -0.464 e. The van der Waals surface area contributed by atoms with Crippen molar-refractivity contribution in [2.24, 2.45) is 0 Å². The number of rotatable bonds is 8. The van der Waals surface area contributed by atoms with Gasteiger partial charge in [0.1, 0.15) is 6.54 Å². The van der Waals surface area contributed by atoms with Crippen LogP contribution in [-0.2, 0) is 28.9 Å². The average molecular weight is 338 g/mol. The summed E-state index contributed by atoms with van der Waals surface area (Å²) in [5.41, 5.74) is 2.08. The molecule has 25 heavy (non-hydrogen) atoms. The fourth-order valence-corrected chi connectivity index (χ4v) is 2.82. The van der Waals surface area contributed by atoms with Crippen LogP contribution < -0.4 is 0 Å². The van der Waals surface area contributed by atoms with Crippen molar-refractivity contribution < 1.29 is 14.6 Å². The molecule has 0 bridgehead atoms. The van der Waals surface area contributed by atoms with Crippen LogP contribution in [0.4, 0.5) is 0 Å². The Morgan fingerprint density at radius 3 is 2.80 bits per heavy atom. The summed E-state index contributed by atoms with van der Waals surface area (Å²) in [6.07, 6.45) is 5.39. The first-order valence-electron chi connectivity index (χ1n) is 8.49. The Hall–Kier alpha value is -2.66. The number of aliphatic hydroxyl groups is 1. The normalized spacial score (nSPS) is 10.9. The molecule has 1 heterocycles. The van der Waals surface area contributed by atoms with Crippen LogP contribution in [0.5, 0.6) is 0 Å². The highest BCUT2D eigenvalue weighted by atomic mass is 16.5. The molecule has 0 saturated carbocycles. The predicted octanol–water partition coefficient (Wildman–Crippen LogP) is 2.75. The molecule has 3 aromatic rings. The second-order valence-electron chi connectivity index (χ2n) is 5.99.